The zero-order valence-corrected chi connectivity index (χ0v) is 9.93. The van der Waals surface area contributed by atoms with Crippen LogP contribution in [0.2, 0.25) is 0 Å². The van der Waals surface area contributed by atoms with Crippen molar-refractivity contribution in [2.45, 2.75) is 19.3 Å². The lowest BCUT2D eigenvalue weighted by Crippen LogP contribution is -2.27. The molecule has 0 saturated heterocycles. The van der Waals surface area contributed by atoms with Gasteiger partial charge >= 0.3 is 0 Å². The second-order valence-corrected chi connectivity index (χ2v) is 4.78. The Bertz CT molecular complexity index is 317. The molecular weight excluding hydrogens is 210 g/mol. The summed E-state index contributed by atoms with van der Waals surface area (Å²) in [5.41, 5.74) is 0.420. The summed E-state index contributed by atoms with van der Waals surface area (Å²) in [6.45, 7) is 2.05. The van der Waals surface area contributed by atoms with E-state index in [9.17, 15) is 0 Å². The Morgan fingerprint density at radius 3 is 2.93 bits per heavy atom. The van der Waals surface area contributed by atoms with Crippen molar-refractivity contribution < 1.29 is 0 Å². The van der Waals surface area contributed by atoms with Crippen LogP contribution in [0.5, 0.6) is 0 Å². The maximum Gasteiger partial charge on any atom is 0.109 e. The molecule has 1 saturated carbocycles. The van der Waals surface area contributed by atoms with E-state index in [1.165, 1.54) is 12.8 Å². The van der Waals surface area contributed by atoms with Crippen molar-refractivity contribution in [3.8, 4) is 0 Å². The number of hydrogen-bond donors (Lipinski definition) is 1. The largest absolute Gasteiger partial charge is 0.338 e. The molecule has 0 unspecified atom stereocenters. The maximum atomic E-state index is 5.90. The van der Waals surface area contributed by atoms with Gasteiger partial charge in [0.1, 0.15) is 5.82 Å². The van der Waals surface area contributed by atoms with Gasteiger partial charge in [0.25, 0.3) is 0 Å². The first-order valence-electron chi connectivity index (χ1n) is 5.49. The summed E-state index contributed by atoms with van der Waals surface area (Å²) >= 11 is 5.90. The lowest BCUT2D eigenvalue weighted by atomic mass is 10.1. The highest BCUT2D eigenvalue weighted by atomic mass is 35.5. The molecule has 4 heteroatoms. The molecule has 0 aromatic carbocycles. The monoisotopic (exact) mass is 227 g/mol. The van der Waals surface area contributed by atoms with Crippen LogP contribution in [-0.2, 0) is 13.5 Å². The van der Waals surface area contributed by atoms with Gasteiger partial charge in [0.15, 0.2) is 0 Å². The van der Waals surface area contributed by atoms with Crippen molar-refractivity contribution in [3.05, 3.63) is 18.2 Å². The molecule has 1 aromatic rings. The molecule has 1 N–H and O–H groups in total. The summed E-state index contributed by atoms with van der Waals surface area (Å²) in [5, 5.41) is 3.47. The first kappa shape index (κ1) is 11.0. The number of imidazole rings is 1. The second kappa shape index (κ2) is 4.54. The Morgan fingerprint density at radius 2 is 2.40 bits per heavy atom. The Morgan fingerprint density at radius 1 is 1.60 bits per heavy atom. The van der Waals surface area contributed by atoms with Gasteiger partial charge in [0, 0.05) is 44.8 Å². The predicted octanol–water partition coefficient (Wildman–Crippen LogP) is 1.57. The normalized spacial score (nSPS) is 18.0. The van der Waals surface area contributed by atoms with Gasteiger partial charge in [-0.2, -0.15) is 0 Å². The molecule has 0 radical (unpaired) electrons. The number of aryl methyl sites for hydroxylation is 1. The van der Waals surface area contributed by atoms with Crippen LogP contribution in [0.15, 0.2) is 12.4 Å². The first-order chi connectivity index (χ1) is 7.26. The second-order valence-electron chi connectivity index (χ2n) is 4.51. The molecule has 0 amide bonds. The number of hydrogen-bond acceptors (Lipinski definition) is 2. The van der Waals surface area contributed by atoms with Crippen molar-refractivity contribution in [1.82, 2.24) is 14.9 Å². The summed E-state index contributed by atoms with van der Waals surface area (Å²) in [4.78, 5) is 4.28. The van der Waals surface area contributed by atoms with E-state index in [1.54, 1.807) is 0 Å². The van der Waals surface area contributed by atoms with Crippen LogP contribution in [0.3, 0.4) is 0 Å². The van der Waals surface area contributed by atoms with Crippen molar-refractivity contribution >= 4 is 11.6 Å². The lowest BCUT2D eigenvalue weighted by Gasteiger charge is -2.12. The highest BCUT2D eigenvalue weighted by Gasteiger charge is 2.40. The van der Waals surface area contributed by atoms with E-state index >= 15 is 0 Å². The Hall–Kier alpha value is -0.540. The predicted molar refractivity (Wildman–Crippen MR) is 62.2 cm³/mol. The van der Waals surface area contributed by atoms with Crippen LogP contribution in [0.1, 0.15) is 18.7 Å². The molecule has 2 rings (SSSR count). The fourth-order valence-corrected chi connectivity index (χ4v) is 2.09. The maximum absolute atomic E-state index is 5.90. The third kappa shape index (κ3) is 2.73. The fourth-order valence-electron chi connectivity index (χ4n) is 1.73. The van der Waals surface area contributed by atoms with E-state index < -0.39 is 0 Å². The third-order valence-electron chi connectivity index (χ3n) is 3.19. The molecule has 0 bridgehead atoms. The van der Waals surface area contributed by atoms with Crippen molar-refractivity contribution in [1.29, 1.82) is 0 Å². The van der Waals surface area contributed by atoms with Gasteiger partial charge in [-0.25, -0.2) is 4.98 Å². The summed E-state index contributed by atoms with van der Waals surface area (Å²) in [7, 11) is 2.03. The zero-order valence-electron chi connectivity index (χ0n) is 9.17. The minimum Gasteiger partial charge on any atom is -0.338 e. The van der Waals surface area contributed by atoms with Gasteiger partial charge in [-0.3, -0.25) is 0 Å². The molecular formula is C11H18ClN3. The fraction of sp³-hybridized carbons (Fsp3) is 0.727. The van der Waals surface area contributed by atoms with Crippen LogP contribution in [0.4, 0.5) is 0 Å². The highest BCUT2D eigenvalue weighted by Crippen LogP contribution is 2.45. The summed E-state index contributed by atoms with van der Waals surface area (Å²) in [5.74, 6) is 1.93. The Labute approximate surface area is 95.8 Å². The average Bonchev–Trinajstić information content (AvgIpc) is 2.92. The van der Waals surface area contributed by atoms with Gasteiger partial charge in [-0.05, 0) is 18.3 Å². The molecule has 84 valence electrons. The van der Waals surface area contributed by atoms with Gasteiger partial charge < -0.3 is 9.88 Å². The Kier molecular flexibility index (Phi) is 3.32. The molecule has 1 aliphatic carbocycles. The van der Waals surface area contributed by atoms with E-state index in [1.807, 2.05) is 19.4 Å². The van der Waals surface area contributed by atoms with Crippen LogP contribution < -0.4 is 5.32 Å². The summed E-state index contributed by atoms with van der Waals surface area (Å²) in [6, 6.07) is 0. The van der Waals surface area contributed by atoms with Crippen LogP contribution >= 0.6 is 11.6 Å². The first-order valence-corrected chi connectivity index (χ1v) is 6.02. The number of alkyl halides is 1. The Balaban J connectivity index is 1.65. The van der Waals surface area contributed by atoms with Gasteiger partial charge in [0.05, 0.1) is 0 Å². The van der Waals surface area contributed by atoms with E-state index in [4.69, 9.17) is 11.6 Å². The molecule has 0 aliphatic heterocycles. The molecule has 3 nitrogen and oxygen atoms in total. The summed E-state index contributed by atoms with van der Waals surface area (Å²) in [6.07, 6.45) is 7.38. The number of halogens is 1. The topological polar surface area (TPSA) is 29.9 Å². The molecule has 1 aromatic heterocycles. The van der Waals surface area contributed by atoms with Crippen molar-refractivity contribution in [3.63, 3.8) is 0 Å². The molecule has 1 aliphatic rings. The summed E-state index contributed by atoms with van der Waals surface area (Å²) < 4.78 is 2.07. The number of nitrogens with one attached hydrogen (secondary N) is 1. The van der Waals surface area contributed by atoms with Gasteiger partial charge in [0.2, 0.25) is 0 Å². The van der Waals surface area contributed by atoms with E-state index in [0.717, 1.165) is 31.2 Å². The lowest BCUT2D eigenvalue weighted by molar-refractivity contribution is 0.503. The number of aromatic nitrogens is 2. The number of nitrogens with zero attached hydrogens (tertiary/aromatic N) is 2. The van der Waals surface area contributed by atoms with E-state index in [-0.39, 0.29) is 0 Å². The molecule has 0 atom stereocenters. The minimum atomic E-state index is 0.420. The zero-order chi connectivity index (χ0) is 10.7. The SMILES string of the molecule is Cn1ccnc1CCNCC1(CCl)CC1. The highest BCUT2D eigenvalue weighted by molar-refractivity contribution is 6.18. The van der Waals surface area contributed by atoms with E-state index in [2.05, 4.69) is 14.9 Å². The minimum absolute atomic E-state index is 0.420. The van der Waals surface area contributed by atoms with Gasteiger partial charge in [-0.1, -0.05) is 0 Å². The smallest absolute Gasteiger partial charge is 0.109 e. The molecule has 1 heterocycles. The van der Waals surface area contributed by atoms with Crippen molar-refractivity contribution in [2.24, 2.45) is 12.5 Å². The standard InChI is InChI=1S/C11H18ClN3/c1-15-7-6-14-10(15)2-5-13-9-11(8-12)3-4-11/h6-7,13H,2-5,8-9H2,1H3. The van der Waals surface area contributed by atoms with Gasteiger partial charge in [-0.15, -0.1) is 11.6 Å². The van der Waals surface area contributed by atoms with Crippen LogP contribution in [0.25, 0.3) is 0 Å². The molecule has 15 heavy (non-hydrogen) atoms. The third-order valence-corrected chi connectivity index (χ3v) is 3.75. The van der Waals surface area contributed by atoms with Crippen LogP contribution in [-0.4, -0.2) is 28.5 Å². The average molecular weight is 228 g/mol. The molecule has 1 fully saturated rings. The number of rotatable bonds is 6. The molecule has 0 spiro atoms. The van der Waals surface area contributed by atoms with E-state index in [0.29, 0.717) is 5.41 Å². The van der Waals surface area contributed by atoms with Crippen LogP contribution in [0, 0.1) is 5.41 Å². The quantitative estimate of drug-likeness (QED) is 0.591. The van der Waals surface area contributed by atoms with Crippen molar-refractivity contribution in [2.75, 3.05) is 19.0 Å².